The molecule has 1 N–H and O–H groups in total. The second-order valence-electron chi connectivity index (χ2n) is 6.57. The van der Waals surface area contributed by atoms with Crippen LogP contribution >= 0.6 is 12.2 Å². The maximum atomic E-state index is 5.76. The van der Waals surface area contributed by atoms with E-state index in [1.165, 1.54) is 64.2 Å². The average Bonchev–Trinajstić information content (AvgIpc) is 2.54. The molecule has 21 heavy (non-hydrogen) atoms. The average molecular weight is 313 g/mol. The number of hydrogen-bond donors (Lipinski definition) is 1. The standard InChI is InChI=1S/C17H32N2OS/c1-20-14-8-13-18-17(21)19(15-9-4-2-5-10-15)16-11-6-3-7-12-16/h15-16H,2-14H2,1H3,(H,18,21). The smallest absolute Gasteiger partial charge is 0.169 e. The van der Waals surface area contributed by atoms with Gasteiger partial charge in [0.15, 0.2) is 5.11 Å². The molecule has 0 radical (unpaired) electrons. The highest BCUT2D eigenvalue weighted by atomic mass is 32.1. The first-order valence-electron chi connectivity index (χ1n) is 8.88. The lowest BCUT2D eigenvalue weighted by atomic mass is 9.89. The lowest BCUT2D eigenvalue weighted by Gasteiger charge is -2.43. The van der Waals surface area contributed by atoms with Crippen LogP contribution in [-0.2, 0) is 4.74 Å². The summed E-state index contributed by atoms with van der Waals surface area (Å²) in [6.45, 7) is 1.74. The largest absolute Gasteiger partial charge is 0.385 e. The van der Waals surface area contributed by atoms with E-state index >= 15 is 0 Å². The lowest BCUT2D eigenvalue weighted by molar-refractivity contribution is 0.155. The zero-order chi connectivity index (χ0) is 14.9. The van der Waals surface area contributed by atoms with Crippen molar-refractivity contribution in [3.63, 3.8) is 0 Å². The molecule has 0 bridgehead atoms. The Balaban J connectivity index is 1.91. The molecule has 0 aromatic heterocycles. The van der Waals surface area contributed by atoms with Crippen LogP contribution < -0.4 is 5.32 Å². The van der Waals surface area contributed by atoms with E-state index in [4.69, 9.17) is 17.0 Å². The molecule has 2 fully saturated rings. The highest BCUT2D eigenvalue weighted by Gasteiger charge is 2.30. The first-order valence-corrected chi connectivity index (χ1v) is 9.29. The maximum absolute atomic E-state index is 5.76. The minimum Gasteiger partial charge on any atom is -0.385 e. The van der Waals surface area contributed by atoms with Gasteiger partial charge in [-0.25, -0.2) is 0 Å². The topological polar surface area (TPSA) is 24.5 Å². The first kappa shape index (κ1) is 17.0. The van der Waals surface area contributed by atoms with Crippen molar-refractivity contribution in [2.45, 2.75) is 82.7 Å². The molecule has 0 atom stereocenters. The van der Waals surface area contributed by atoms with Crippen molar-refractivity contribution >= 4 is 17.3 Å². The molecule has 3 nitrogen and oxygen atoms in total. The molecule has 2 aliphatic carbocycles. The number of hydrogen-bond acceptors (Lipinski definition) is 2. The first-order chi connectivity index (χ1) is 10.3. The second-order valence-corrected chi connectivity index (χ2v) is 6.96. The number of methoxy groups -OCH3 is 1. The van der Waals surface area contributed by atoms with Gasteiger partial charge in [0.25, 0.3) is 0 Å². The van der Waals surface area contributed by atoms with E-state index < -0.39 is 0 Å². The molecule has 0 heterocycles. The van der Waals surface area contributed by atoms with Gasteiger partial charge in [-0.2, -0.15) is 0 Å². The van der Waals surface area contributed by atoms with E-state index in [0.717, 1.165) is 24.7 Å². The summed E-state index contributed by atoms with van der Waals surface area (Å²) in [6.07, 6.45) is 14.7. The van der Waals surface area contributed by atoms with Crippen LogP contribution in [0, 0.1) is 0 Å². The highest BCUT2D eigenvalue weighted by molar-refractivity contribution is 7.80. The fraction of sp³-hybridized carbons (Fsp3) is 0.941. The van der Waals surface area contributed by atoms with Crippen LogP contribution in [0.15, 0.2) is 0 Å². The van der Waals surface area contributed by atoms with Gasteiger partial charge < -0.3 is 15.0 Å². The van der Waals surface area contributed by atoms with Crippen LogP contribution in [0.2, 0.25) is 0 Å². The summed E-state index contributed by atoms with van der Waals surface area (Å²) < 4.78 is 5.12. The SMILES string of the molecule is COCCCNC(=S)N(C1CCCCC1)C1CCCCC1. The Kier molecular flexibility index (Phi) is 7.80. The van der Waals surface area contributed by atoms with Crippen LogP contribution in [0.4, 0.5) is 0 Å². The van der Waals surface area contributed by atoms with Crippen LogP contribution in [0.25, 0.3) is 0 Å². The molecule has 0 aromatic rings. The summed E-state index contributed by atoms with van der Waals surface area (Å²) in [5, 5.41) is 4.49. The summed E-state index contributed by atoms with van der Waals surface area (Å²) >= 11 is 5.76. The summed E-state index contributed by atoms with van der Waals surface area (Å²) in [7, 11) is 1.76. The van der Waals surface area contributed by atoms with Crippen LogP contribution in [0.3, 0.4) is 0 Å². The van der Waals surface area contributed by atoms with Gasteiger partial charge in [-0.3, -0.25) is 0 Å². The fourth-order valence-electron chi connectivity index (χ4n) is 3.85. The van der Waals surface area contributed by atoms with Crippen molar-refractivity contribution in [3.8, 4) is 0 Å². The molecule has 2 saturated carbocycles. The van der Waals surface area contributed by atoms with Gasteiger partial charge in [0.05, 0.1) is 0 Å². The molecule has 2 rings (SSSR count). The van der Waals surface area contributed by atoms with Gasteiger partial charge in [-0.05, 0) is 44.3 Å². The summed E-state index contributed by atoms with van der Waals surface area (Å²) in [5.41, 5.74) is 0. The Morgan fingerprint density at radius 3 is 2.00 bits per heavy atom. The number of nitrogens with one attached hydrogen (secondary N) is 1. The van der Waals surface area contributed by atoms with Crippen molar-refractivity contribution in [1.82, 2.24) is 10.2 Å². The fourth-order valence-corrected chi connectivity index (χ4v) is 4.25. The van der Waals surface area contributed by atoms with Gasteiger partial charge in [0, 0.05) is 32.3 Å². The third-order valence-corrected chi connectivity index (χ3v) is 5.33. The van der Waals surface area contributed by atoms with Crippen molar-refractivity contribution in [1.29, 1.82) is 0 Å². The second kappa shape index (κ2) is 9.62. The Hall–Kier alpha value is -0.350. The van der Waals surface area contributed by atoms with Gasteiger partial charge >= 0.3 is 0 Å². The van der Waals surface area contributed by atoms with E-state index in [9.17, 15) is 0 Å². The number of thiocarbonyl (C=S) groups is 1. The van der Waals surface area contributed by atoms with E-state index in [1.54, 1.807) is 7.11 Å². The molecule has 0 saturated heterocycles. The van der Waals surface area contributed by atoms with E-state index in [-0.39, 0.29) is 0 Å². The Morgan fingerprint density at radius 2 is 1.52 bits per heavy atom. The highest BCUT2D eigenvalue weighted by Crippen LogP contribution is 2.30. The maximum Gasteiger partial charge on any atom is 0.169 e. The number of nitrogens with zero attached hydrogens (tertiary/aromatic N) is 1. The molecule has 2 aliphatic rings. The van der Waals surface area contributed by atoms with Gasteiger partial charge in [0.2, 0.25) is 0 Å². The van der Waals surface area contributed by atoms with Gasteiger partial charge in [0.1, 0.15) is 0 Å². The normalized spacial score (nSPS) is 21.2. The monoisotopic (exact) mass is 312 g/mol. The lowest BCUT2D eigenvalue weighted by Crippen LogP contribution is -2.52. The number of ether oxygens (including phenoxy) is 1. The predicted molar refractivity (Wildman–Crippen MR) is 92.7 cm³/mol. The molecular formula is C17H32N2OS. The van der Waals surface area contributed by atoms with Gasteiger partial charge in [-0.1, -0.05) is 38.5 Å². The predicted octanol–water partition coefficient (Wildman–Crippen LogP) is 3.86. The van der Waals surface area contributed by atoms with E-state index in [0.29, 0.717) is 12.1 Å². The molecule has 0 aromatic carbocycles. The van der Waals surface area contributed by atoms with Crippen LogP contribution in [-0.4, -0.2) is 42.4 Å². The third-order valence-electron chi connectivity index (χ3n) is 4.97. The minimum atomic E-state index is 0.685. The Bertz CT molecular complexity index is 281. The molecular weight excluding hydrogens is 280 g/mol. The van der Waals surface area contributed by atoms with Crippen molar-refractivity contribution < 1.29 is 4.74 Å². The Morgan fingerprint density at radius 1 is 1.00 bits per heavy atom. The number of rotatable bonds is 6. The Labute approximate surface area is 135 Å². The van der Waals surface area contributed by atoms with Crippen LogP contribution in [0.1, 0.15) is 70.6 Å². The summed E-state index contributed by atoms with van der Waals surface area (Å²) in [6, 6.07) is 1.37. The molecule has 4 heteroatoms. The molecule has 0 amide bonds. The van der Waals surface area contributed by atoms with E-state index in [1.807, 2.05) is 0 Å². The van der Waals surface area contributed by atoms with Crippen molar-refractivity contribution in [2.75, 3.05) is 20.3 Å². The summed E-state index contributed by atoms with van der Waals surface area (Å²) in [5.74, 6) is 0. The molecule has 0 spiro atoms. The van der Waals surface area contributed by atoms with Crippen molar-refractivity contribution in [2.24, 2.45) is 0 Å². The van der Waals surface area contributed by atoms with Crippen molar-refractivity contribution in [3.05, 3.63) is 0 Å². The molecule has 0 unspecified atom stereocenters. The zero-order valence-corrected chi connectivity index (χ0v) is 14.4. The zero-order valence-electron chi connectivity index (χ0n) is 13.6. The quantitative estimate of drug-likeness (QED) is 0.594. The molecule has 122 valence electrons. The van der Waals surface area contributed by atoms with E-state index in [2.05, 4.69) is 10.2 Å². The van der Waals surface area contributed by atoms with Gasteiger partial charge in [-0.15, -0.1) is 0 Å². The summed E-state index contributed by atoms with van der Waals surface area (Å²) in [4.78, 5) is 2.60. The third kappa shape index (κ3) is 5.41. The van der Waals surface area contributed by atoms with Crippen LogP contribution in [0.5, 0.6) is 0 Å². The molecule has 0 aliphatic heterocycles. The minimum absolute atomic E-state index is 0.685.